The topological polar surface area (TPSA) is 44.0 Å². The minimum Gasteiger partial charge on any atom is -0.342 e. The van der Waals surface area contributed by atoms with E-state index in [4.69, 9.17) is 0 Å². The van der Waals surface area contributed by atoms with Crippen molar-refractivity contribution in [1.29, 1.82) is 0 Å². The van der Waals surface area contributed by atoms with Crippen molar-refractivity contribution in [2.45, 2.75) is 6.92 Å². The van der Waals surface area contributed by atoms with Gasteiger partial charge < -0.3 is 15.2 Å². The van der Waals surface area contributed by atoms with Gasteiger partial charge in [0.15, 0.2) is 0 Å². The molecule has 14 heavy (non-hydrogen) atoms. The summed E-state index contributed by atoms with van der Waals surface area (Å²) in [6, 6.07) is 0. The summed E-state index contributed by atoms with van der Waals surface area (Å²) in [5.41, 5.74) is 1.15. The van der Waals surface area contributed by atoms with Crippen molar-refractivity contribution in [2.24, 2.45) is 11.8 Å². The minimum atomic E-state index is 0.834. The molecular weight excluding hydrogens is 176 g/mol. The quantitative estimate of drug-likeness (QED) is 0.676. The van der Waals surface area contributed by atoms with Gasteiger partial charge in [0.1, 0.15) is 0 Å². The predicted molar refractivity (Wildman–Crippen MR) is 55.4 cm³/mol. The molecule has 0 saturated carbocycles. The maximum absolute atomic E-state index is 4.38. The average Bonchev–Trinajstić information content (AvgIpc) is 2.75. The fourth-order valence-electron chi connectivity index (χ4n) is 2.59. The monoisotopic (exact) mass is 192 g/mol. The van der Waals surface area contributed by atoms with Crippen LogP contribution in [0, 0.1) is 18.8 Å². The van der Waals surface area contributed by atoms with Crippen LogP contribution in [-0.4, -0.2) is 36.1 Å². The first-order chi connectivity index (χ1) is 6.83. The molecule has 2 saturated heterocycles. The number of imidazole rings is 1. The largest absolute Gasteiger partial charge is 0.342 e. The molecular formula is C10H16N4. The Balaban J connectivity index is 1.76. The maximum atomic E-state index is 4.38. The van der Waals surface area contributed by atoms with E-state index in [1.165, 1.54) is 13.1 Å². The van der Waals surface area contributed by atoms with E-state index < -0.39 is 0 Å². The highest BCUT2D eigenvalue weighted by Crippen LogP contribution is 2.28. The Morgan fingerprint density at radius 2 is 2.07 bits per heavy atom. The molecule has 0 spiro atoms. The molecule has 1 aromatic rings. The number of nitrogens with one attached hydrogen (secondary N) is 2. The Morgan fingerprint density at radius 3 is 2.64 bits per heavy atom. The molecule has 4 nitrogen and oxygen atoms in total. The van der Waals surface area contributed by atoms with Crippen molar-refractivity contribution in [1.82, 2.24) is 15.3 Å². The molecule has 2 N–H and O–H groups in total. The third kappa shape index (κ3) is 1.21. The van der Waals surface area contributed by atoms with Crippen LogP contribution < -0.4 is 10.2 Å². The van der Waals surface area contributed by atoms with Crippen LogP contribution in [0.4, 0.5) is 5.95 Å². The zero-order valence-corrected chi connectivity index (χ0v) is 8.45. The van der Waals surface area contributed by atoms with E-state index in [0.717, 1.165) is 36.6 Å². The molecule has 0 aromatic carbocycles. The number of hydrogen-bond acceptors (Lipinski definition) is 3. The van der Waals surface area contributed by atoms with Crippen LogP contribution in [-0.2, 0) is 0 Å². The minimum absolute atomic E-state index is 0.834. The fraction of sp³-hybridized carbons (Fsp3) is 0.700. The normalized spacial score (nSPS) is 31.1. The number of aromatic nitrogens is 2. The average molecular weight is 192 g/mol. The predicted octanol–water partition coefficient (Wildman–Crippen LogP) is 0.374. The molecule has 0 unspecified atom stereocenters. The van der Waals surface area contributed by atoms with E-state index in [9.17, 15) is 0 Å². The summed E-state index contributed by atoms with van der Waals surface area (Å²) in [6.45, 7) is 6.73. The highest BCUT2D eigenvalue weighted by molar-refractivity contribution is 5.34. The van der Waals surface area contributed by atoms with Gasteiger partial charge in [-0.1, -0.05) is 0 Å². The molecule has 2 aliphatic rings. The van der Waals surface area contributed by atoms with E-state index in [1.54, 1.807) is 0 Å². The van der Waals surface area contributed by atoms with Crippen LogP contribution >= 0.6 is 0 Å². The number of H-pyrrole nitrogens is 1. The Labute approximate surface area is 83.7 Å². The summed E-state index contributed by atoms with van der Waals surface area (Å²) in [4.78, 5) is 10.1. The van der Waals surface area contributed by atoms with Crippen LogP contribution in [0.25, 0.3) is 0 Å². The first kappa shape index (κ1) is 8.29. The third-order valence-corrected chi connectivity index (χ3v) is 3.38. The maximum Gasteiger partial charge on any atom is 0.202 e. The second-order valence-electron chi connectivity index (χ2n) is 4.47. The summed E-state index contributed by atoms with van der Waals surface area (Å²) < 4.78 is 0. The van der Waals surface area contributed by atoms with Gasteiger partial charge in [0, 0.05) is 38.1 Å². The van der Waals surface area contributed by atoms with Gasteiger partial charge in [-0.25, -0.2) is 4.98 Å². The summed E-state index contributed by atoms with van der Waals surface area (Å²) >= 11 is 0. The Kier molecular flexibility index (Phi) is 1.77. The SMILES string of the molecule is Cc1cnc(N2C[C@H]3CNC[C@H]3C2)[nH]1. The van der Waals surface area contributed by atoms with Gasteiger partial charge in [0.05, 0.1) is 0 Å². The summed E-state index contributed by atoms with van der Waals surface area (Å²) in [6.07, 6.45) is 1.90. The van der Waals surface area contributed by atoms with Crippen molar-refractivity contribution < 1.29 is 0 Å². The Morgan fingerprint density at radius 1 is 1.36 bits per heavy atom. The molecule has 2 aliphatic heterocycles. The van der Waals surface area contributed by atoms with E-state index in [1.807, 2.05) is 6.20 Å². The molecule has 0 radical (unpaired) electrons. The lowest BCUT2D eigenvalue weighted by Crippen LogP contribution is -2.26. The van der Waals surface area contributed by atoms with Gasteiger partial charge in [-0.15, -0.1) is 0 Å². The highest BCUT2D eigenvalue weighted by Gasteiger charge is 2.36. The second-order valence-corrected chi connectivity index (χ2v) is 4.47. The smallest absolute Gasteiger partial charge is 0.202 e. The molecule has 76 valence electrons. The van der Waals surface area contributed by atoms with Crippen molar-refractivity contribution in [3.05, 3.63) is 11.9 Å². The molecule has 0 amide bonds. The molecule has 2 fully saturated rings. The lowest BCUT2D eigenvalue weighted by Gasteiger charge is -2.15. The molecule has 0 bridgehead atoms. The van der Waals surface area contributed by atoms with Gasteiger partial charge >= 0.3 is 0 Å². The molecule has 3 heterocycles. The van der Waals surface area contributed by atoms with Crippen molar-refractivity contribution in [3.8, 4) is 0 Å². The first-order valence-corrected chi connectivity index (χ1v) is 5.30. The van der Waals surface area contributed by atoms with E-state index in [-0.39, 0.29) is 0 Å². The van der Waals surface area contributed by atoms with E-state index >= 15 is 0 Å². The summed E-state index contributed by atoms with van der Waals surface area (Å²) in [5.74, 6) is 2.72. The summed E-state index contributed by atoms with van der Waals surface area (Å²) in [5, 5.41) is 3.44. The van der Waals surface area contributed by atoms with Gasteiger partial charge in [-0.05, 0) is 18.8 Å². The number of aromatic amines is 1. The standard InChI is InChI=1S/C10H16N4/c1-7-2-12-10(13-7)14-5-8-3-11-4-9(8)6-14/h2,8-9,11H,3-6H2,1H3,(H,12,13)/t8-,9+. The number of hydrogen-bond donors (Lipinski definition) is 2. The van der Waals surface area contributed by atoms with Crippen molar-refractivity contribution in [2.75, 3.05) is 31.1 Å². The molecule has 0 aliphatic carbocycles. The first-order valence-electron chi connectivity index (χ1n) is 5.30. The number of rotatable bonds is 1. The van der Waals surface area contributed by atoms with Crippen LogP contribution in [0.15, 0.2) is 6.20 Å². The van der Waals surface area contributed by atoms with Crippen molar-refractivity contribution in [3.63, 3.8) is 0 Å². The summed E-state index contributed by atoms with van der Waals surface area (Å²) in [7, 11) is 0. The zero-order chi connectivity index (χ0) is 9.54. The van der Waals surface area contributed by atoms with Gasteiger partial charge in [-0.3, -0.25) is 0 Å². The number of anilines is 1. The van der Waals surface area contributed by atoms with E-state index in [0.29, 0.717) is 0 Å². The van der Waals surface area contributed by atoms with Crippen LogP contribution in [0.1, 0.15) is 5.69 Å². The molecule has 2 atom stereocenters. The third-order valence-electron chi connectivity index (χ3n) is 3.38. The van der Waals surface area contributed by atoms with Crippen LogP contribution in [0.3, 0.4) is 0 Å². The highest BCUT2D eigenvalue weighted by atomic mass is 15.3. The Bertz CT molecular complexity index is 321. The lowest BCUT2D eigenvalue weighted by atomic mass is 10.0. The number of nitrogens with zero attached hydrogens (tertiary/aromatic N) is 2. The number of aryl methyl sites for hydroxylation is 1. The zero-order valence-electron chi connectivity index (χ0n) is 8.45. The van der Waals surface area contributed by atoms with Crippen molar-refractivity contribution >= 4 is 5.95 Å². The second kappa shape index (κ2) is 2.98. The fourth-order valence-corrected chi connectivity index (χ4v) is 2.59. The van der Waals surface area contributed by atoms with Gasteiger partial charge in [0.2, 0.25) is 5.95 Å². The van der Waals surface area contributed by atoms with Gasteiger partial charge in [-0.2, -0.15) is 0 Å². The Hall–Kier alpha value is -1.03. The number of fused-ring (bicyclic) bond motifs is 1. The lowest BCUT2D eigenvalue weighted by molar-refractivity contribution is 0.533. The van der Waals surface area contributed by atoms with E-state index in [2.05, 4.69) is 27.1 Å². The van der Waals surface area contributed by atoms with Crippen LogP contribution in [0.2, 0.25) is 0 Å². The molecule has 4 heteroatoms. The van der Waals surface area contributed by atoms with Gasteiger partial charge in [0.25, 0.3) is 0 Å². The van der Waals surface area contributed by atoms with Crippen LogP contribution in [0.5, 0.6) is 0 Å². The molecule has 1 aromatic heterocycles. The molecule has 3 rings (SSSR count).